The quantitative estimate of drug-likeness (QED) is 0.370. The number of aromatic nitrogens is 3. The van der Waals surface area contributed by atoms with Crippen LogP contribution in [0.2, 0.25) is 0 Å². The molecule has 0 spiro atoms. The molecule has 1 N–H and O–H groups in total. The number of hydrogen-bond donors (Lipinski definition) is 1. The minimum absolute atomic E-state index is 0.130. The number of benzene rings is 3. The van der Waals surface area contributed by atoms with Crippen LogP contribution in [-0.4, -0.2) is 40.7 Å². The summed E-state index contributed by atoms with van der Waals surface area (Å²) in [5.74, 6) is 0.419. The van der Waals surface area contributed by atoms with Crippen LogP contribution in [-0.2, 0) is 11.8 Å². The third-order valence-corrected chi connectivity index (χ3v) is 6.92. The van der Waals surface area contributed by atoms with Crippen LogP contribution in [0.3, 0.4) is 0 Å². The minimum atomic E-state index is -0.332. The summed E-state index contributed by atoms with van der Waals surface area (Å²) < 4.78 is 27.9. The number of fused-ring (bicyclic) bond motifs is 1. The molecule has 34 heavy (non-hydrogen) atoms. The molecule has 3 aromatic carbocycles. The van der Waals surface area contributed by atoms with Gasteiger partial charge >= 0.3 is 0 Å². The highest BCUT2D eigenvalue weighted by atomic mass is 19.1. The highest BCUT2D eigenvalue weighted by Gasteiger charge is 2.40. The van der Waals surface area contributed by atoms with Crippen molar-refractivity contribution in [3.63, 3.8) is 0 Å². The Bertz CT molecular complexity index is 1300. The van der Waals surface area contributed by atoms with Crippen LogP contribution in [0.4, 0.5) is 8.78 Å². The van der Waals surface area contributed by atoms with Gasteiger partial charge in [-0.1, -0.05) is 36.4 Å². The Morgan fingerprint density at radius 1 is 1.00 bits per heavy atom. The molecule has 0 fully saturated rings. The topological polar surface area (TPSA) is 44.8 Å². The van der Waals surface area contributed by atoms with Gasteiger partial charge in [-0.3, -0.25) is 5.10 Å². The van der Waals surface area contributed by atoms with E-state index in [-0.39, 0.29) is 17.0 Å². The first-order valence-corrected chi connectivity index (χ1v) is 11.7. The van der Waals surface area contributed by atoms with Gasteiger partial charge in [0.15, 0.2) is 11.6 Å². The van der Waals surface area contributed by atoms with Crippen LogP contribution in [0.15, 0.2) is 66.7 Å². The number of H-pyrrole nitrogens is 1. The van der Waals surface area contributed by atoms with Gasteiger partial charge in [-0.25, -0.2) is 13.8 Å². The number of aryl methyl sites for hydroxylation is 1. The van der Waals surface area contributed by atoms with Crippen molar-refractivity contribution in [2.75, 3.05) is 20.6 Å². The molecule has 0 radical (unpaired) electrons. The summed E-state index contributed by atoms with van der Waals surface area (Å²) in [7, 11) is 4.18. The van der Waals surface area contributed by atoms with E-state index in [0.29, 0.717) is 17.2 Å². The van der Waals surface area contributed by atoms with Crippen molar-refractivity contribution in [3.8, 4) is 22.8 Å². The normalized spacial score (nSPS) is 17.3. The van der Waals surface area contributed by atoms with E-state index in [1.54, 1.807) is 30.3 Å². The molecule has 1 heterocycles. The molecule has 0 bridgehead atoms. The van der Waals surface area contributed by atoms with E-state index >= 15 is 0 Å². The average Bonchev–Trinajstić information content (AvgIpc) is 3.46. The lowest BCUT2D eigenvalue weighted by Gasteiger charge is -2.32. The van der Waals surface area contributed by atoms with E-state index in [0.717, 1.165) is 37.8 Å². The van der Waals surface area contributed by atoms with Crippen LogP contribution >= 0.6 is 0 Å². The molecule has 0 saturated heterocycles. The molecule has 6 heteroatoms. The van der Waals surface area contributed by atoms with E-state index in [1.165, 1.54) is 22.8 Å². The molecule has 4 nitrogen and oxygen atoms in total. The van der Waals surface area contributed by atoms with Crippen LogP contribution in [0.5, 0.6) is 0 Å². The van der Waals surface area contributed by atoms with Crippen molar-refractivity contribution in [2.45, 2.75) is 31.1 Å². The first-order chi connectivity index (χ1) is 16.5. The second kappa shape index (κ2) is 9.11. The molecule has 0 aliphatic heterocycles. The fourth-order valence-electron chi connectivity index (χ4n) is 5.22. The highest BCUT2D eigenvalue weighted by molar-refractivity contribution is 5.64. The summed E-state index contributed by atoms with van der Waals surface area (Å²) in [5, 5.41) is 7.23. The Hall–Kier alpha value is -3.38. The lowest BCUT2D eigenvalue weighted by Crippen LogP contribution is -2.26. The zero-order valence-electron chi connectivity index (χ0n) is 19.5. The molecule has 1 aliphatic rings. The van der Waals surface area contributed by atoms with Gasteiger partial charge in [-0.2, -0.15) is 5.10 Å². The van der Waals surface area contributed by atoms with Gasteiger partial charge in [0.1, 0.15) is 11.6 Å². The monoisotopic (exact) mass is 458 g/mol. The van der Waals surface area contributed by atoms with Crippen LogP contribution in [0.25, 0.3) is 22.8 Å². The fourth-order valence-corrected chi connectivity index (χ4v) is 5.22. The molecule has 0 amide bonds. The summed E-state index contributed by atoms with van der Waals surface area (Å²) in [6, 6.07) is 19.9. The Balaban J connectivity index is 1.49. The highest BCUT2D eigenvalue weighted by Crippen LogP contribution is 2.48. The van der Waals surface area contributed by atoms with Gasteiger partial charge in [0, 0.05) is 11.0 Å². The largest absolute Gasteiger partial charge is 0.309 e. The molecular weight excluding hydrogens is 430 g/mol. The molecule has 4 aromatic rings. The van der Waals surface area contributed by atoms with Gasteiger partial charge in [0.2, 0.25) is 0 Å². The maximum atomic E-state index is 14.2. The number of nitrogens with one attached hydrogen (secondary N) is 1. The molecule has 1 unspecified atom stereocenters. The molecule has 174 valence electrons. The zero-order chi connectivity index (χ0) is 23.7. The Morgan fingerprint density at radius 3 is 2.56 bits per heavy atom. The fraction of sp³-hybridized carbons (Fsp3) is 0.286. The zero-order valence-corrected chi connectivity index (χ0v) is 19.5. The number of aromatic amines is 1. The lowest BCUT2D eigenvalue weighted by atomic mass is 9.72. The standard InChI is InChI=1S/C28H28F2N4/c1-34(2)17-5-15-28(21-9-11-22(29)12-10-21)16-14-19-18-20(8-13-24(19)28)26-31-27(33-32-26)23-6-3-4-7-25(23)30/h3-4,6-13,18H,5,14-17H2,1-2H3,(H,31,32,33). The molecule has 1 atom stereocenters. The van der Waals surface area contributed by atoms with Gasteiger partial charge in [0.25, 0.3) is 0 Å². The molecule has 1 aliphatic carbocycles. The average molecular weight is 459 g/mol. The maximum Gasteiger partial charge on any atom is 0.181 e. The lowest BCUT2D eigenvalue weighted by molar-refractivity contribution is 0.359. The van der Waals surface area contributed by atoms with E-state index in [4.69, 9.17) is 0 Å². The first-order valence-electron chi connectivity index (χ1n) is 11.7. The third-order valence-electron chi connectivity index (χ3n) is 6.92. The Morgan fingerprint density at radius 2 is 1.79 bits per heavy atom. The van der Waals surface area contributed by atoms with Crippen LogP contribution < -0.4 is 0 Å². The molecular formula is C28H28F2N4. The van der Waals surface area contributed by atoms with E-state index in [2.05, 4.69) is 46.3 Å². The summed E-state index contributed by atoms with van der Waals surface area (Å²) in [6.45, 7) is 1.01. The van der Waals surface area contributed by atoms with E-state index in [9.17, 15) is 8.78 Å². The van der Waals surface area contributed by atoms with Crippen molar-refractivity contribution in [3.05, 3.63) is 95.1 Å². The first kappa shape index (κ1) is 22.4. The molecule has 1 aromatic heterocycles. The predicted molar refractivity (Wildman–Crippen MR) is 131 cm³/mol. The second-order valence-corrected chi connectivity index (χ2v) is 9.36. The van der Waals surface area contributed by atoms with Crippen molar-refractivity contribution < 1.29 is 8.78 Å². The maximum absolute atomic E-state index is 14.2. The van der Waals surface area contributed by atoms with Gasteiger partial charge < -0.3 is 4.90 Å². The third kappa shape index (κ3) is 4.14. The Kier molecular flexibility index (Phi) is 6.00. The SMILES string of the molecule is CN(C)CCCC1(c2ccc(F)cc2)CCc2cc(-c3n[nH]c(-c4ccccc4F)n3)ccc21. The molecule has 0 saturated carbocycles. The summed E-state index contributed by atoms with van der Waals surface area (Å²) in [5.41, 5.74) is 4.91. The van der Waals surface area contributed by atoms with Crippen molar-refractivity contribution in [1.82, 2.24) is 20.1 Å². The van der Waals surface area contributed by atoms with Gasteiger partial charge in [0.05, 0.1) is 5.56 Å². The van der Waals surface area contributed by atoms with Gasteiger partial charge in [-0.15, -0.1) is 0 Å². The van der Waals surface area contributed by atoms with Crippen molar-refractivity contribution in [1.29, 1.82) is 0 Å². The smallest absolute Gasteiger partial charge is 0.181 e. The summed E-state index contributed by atoms with van der Waals surface area (Å²) >= 11 is 0. The number of hydrogen-bond acceptors (Lipinski definition) is 3. The van der Waals surface area contributed by atoms with E-state index < -0.39 is 0 Å². The Labute approximate surface area is 198 Å². The minimum Gasteiger partial charge on any atom is -0.309 e. The molecule has 5 rings (SSSR count). The van der Waals surface area contributed by atoms with Crippen molar-refractivity contribution >= 4 is 0 Å². The predicted octanol–water partition coefficient (Wildman–Crippen LogP) is 5.99. The van der Waals surface area contributed by atoms with Gasteiger partial charge in [-0.05, 0) is 93.3 Å². The number of rotatable bonds is 7. The number of halogens is 2. The summed E-state index contributed by atoms with van der Waals surface area (Å²) in [4.78, 5) is 6.76. The van der Waals surface area contributed by atoms with Crippen LogP contribution in [0.1, 0.15) is 36.0 Å². The van der Waals surface area contributed by atoms with Crippen LogP contribution in [0, 0.1) is 11.6 Å². The number of nitrogens with zero attached hydrogens (tertiary/aromatic N) is 3. The summed E-state index contributed by atoms with van der Waals surface area (Å²) in [6.07, 6.45) is 3.98. The van der Waals surface area contributed by atoms with Crippen molar-refractivity contribution in [2.24, 2.45) is 0 Å². The second-order valence-electron chi connectivity index (χ2n) is 9.36. The van der Waals surface area contributed by atoms with E-state index in [1.807, 2.05) is 18.2 Å².